The molecule has 0 saturated heterocycles. The molecule has 2 heteroatoms. The van der Waals surface area contributed by atoms with Crippen molar-refractivity contribution in [1.29, 1.82) is 0 Å². The van der Waals surface area contributed by atoms with Crippen molar-refractivity contribution in [2.75, 3.05) is 0 Å². The van der Waals surface area contributed by atoms with Crippen LogP contribution in [-0.2, 0) is 4.79 Å². The first-order valence-electron chi connectivity index (χ1n) is 1.35. The van der Waals surface area contributed by atoms with Gasteiger partial charge in [0.05, 0.1) is 0 Å². The molecule has 0 unspecified atom stereocenters. The van der Waals surface area contributed by atoms with Gasteiger partial charge in [-0.3, -0.25) is 0 Å². The molecule has 0 fully saturated rings. The summed E-state index contributed by atoms with van der Waals surface area (Å²) in [7, 11) is 0. The molecule has 0 aliphatic rings. The van der Waals surface area contributed by atoms with E-state index in [9.17, 15) is 4.79 Å². The molecule has 0 rings (SSSR count). The minimum absolute atomic E-state index is 0. The third-order valence-electron chi connectivity index (χ3n) is 0.167. The molecular weight excluding hydrogens is 191 g/mol. The van der Waals surface area contributed by atoms with E-state index in [-0.39, 0.29) is 35.6 Å². The third-order valence-corrected chi connectivity index (χ3v) is 0.167. The van der Waals surface area contributed by atoms with E-state index in [2.05, 4.69) is 0 Å². The van der Waals surface area contributed by atoms with Gasteiger partial charge in [0.15, 0.2) is 0 Å². The Bertz CT molecular complexity index is 20.9. The summed E-state index contributed by atoms with van der Waals surface area (Å²) in [6, 6.07) is 0. The van der Waals surface area contributed by atoms with E-state index in [0.717, 1.165) is 6.29 Å². The number of hydrogen-bond donors (Lipinski definition) is 0. The summed E-state index contributed by atoms with van der Waals surface area (Å²) in [5.41, 5.74) is 0. The van der Waals surface area contributed by atoms with Gasteiger partial charge < -0.3 is 4.79 Å². The quantitative estimate of drug-likeness (QED) is 0.562. The van der Waals surface area contributed by atoms with Crippen LogP contribution in [-0.4, -0.2) is 6.29 Å². The summed E-state index contributed by atoms with van der Waals surface area (Å²) in [4.78, 5) is 9.17. The Morgan fingerprint density at radius 2 is 2.00 bits per heavy atom. The van der Waals surface area contributed by atoms with Crippen LogP contribution < -0.4 is 0 Å². The van der Waals surface area contributed by atoms with Gasteiger partial charge in [0.1, 0.15) is 6.29 Å². The van der Waals surface area contributed by atoms with E-state index < -0.39 is 0 Å². The van der Waals surface area contributed by atoms with Crippen LogP contribution in [0.2, 0.25) is 0 Å². The van der Waals surface area contributed by atoms with Crippen LogP contribution in [0.4, 0.5) is 0 Å². The second-order valence-corrected chi connectivity index (χ2v) is 0.575. The Labute approximate surface area is 59.7 Å². The molecule has 5 heavy (non-hydrogen) atoms. The third kappa shape index (κ3) is 11.5. The molecule has 0 saturated carbocycles. The van der Waals surface area contributed by atoms with E-state index >= 15 is 0 Å². The maximum atomic E-state index is 9.17. The average Bonchev–Trinajstić information content (AvgIpc) is 1.37. The van der Waals surface area contributed by atoms with Crippen LogP contribution in [0.1, 0.15) is 13.3 Å². The van der Waals surface area contributed by atoms with Gasteiger partial charge in [0, 0.05) is 42.0 Å². The minimum atomic E-state index is 0. The molecular formula is C3H6LaO. The largest absolute Gasteiger partial charge is 0.303 e. The van der Waals surface area contributed by atoms with Gasteiger partial charge in [-0.15, -0.1) is 0 Å². The first kappa shape index (κ1) is 9.29. The van der Waals surface area contributed by atoms with Crippen molar-refractivity contribution in [3.05, 3.63) is 0 Å². The van der Waals surface area contributed by atoms with Gasteiger partial charge in [0.2, 0.25) is 0 Å². The Kier molecular flexibility index (Phi) is 16.5. The standard InChI is InChI=1S/C3H6O.La/c1-2-3-4;/h3H,2H2,1H3;. The fraction of sp³-hybridized carbons (Fsp3) is 0.667. The van der Waals surface area contributed by atoms with Crippen molar-refractivity contribution in [3.8, 4) is 0 Å². The van der Waals surface area contributed by atoms with Gasteiger partial charge >= 0.3 is 0 Å². The molecule has 0 aromatic carbocycles. The fourth-order valence-corrected chi connectivity index (χ4v) is 0. The summed E-state index contributed by atoms with van der Waals surface area (Å²) < 4.78 is 0. The van der Waals surface area contributed by atoms with Crippen LogP contribution in [0.25, 0.3) is 0 Å². The number of carbonyl (C=O) groups excluding carboxylic acids is 1. The SMILES string of the molecule is CCC=O.[La]. The summed E-state index contributed by atoms with van der Waals surface area (Å²) in [6.07, 6.45) is 1.51. The monoisotopic (exact) mass is 197 g/mol. The molecule has 0 atom stereocenters. The predicted molar refractivity (Wildman–Crippen MR) is 16.4 cm³/mol. The molecule has 0 aromatic heterocycles. The number of rotatable bonds is 1. The van der Waals surface area contributed by atoms with E-state index in [0.29, 0.717) is 6.42 Å². The molecule has 1 radical (unpaired) electrons. The van der Waals surface area contributed by atoms with Gasteiger partial charge in [-0.05, 0) is 0 Å². The zero-order valence-electron chi connectivity index (χ0n) is 3.27. The summed E-state index contributed by atoms with van der Waals surface area (Å²) in [5, 5.41) is 0. The van der Waals surface area contributed by atoms with E-state index in [1.165, 1.54) is 0 Å². The van der Waals surface area contributed by atoms with Crippen LogP contribution in [0.3, 0.4) is 0 Å². The first-order valence-corrected chi connectivity index (χ1v) is 1.35. The molecule has 0 aliphatic heterocycles. The zero-order chi connectivity index (χ0) is 3.41. The molecule has 0 heterocycles. The summed E-state index contributed by atoms with van der Waals surface area (Å²) in [6.45, 7) is 1.81. The maximum Gasteiger partial charge on any atom is 0.119 e. The molecule has 0 aliphatic carbocycles. The van der Waals surface area contributed by atoms with Crippen molar-refractivity contribution in [1.82, 2.24) is 0 Å². The van der Waals surface area contributed by atoms with Gasteiger partial charge in [-0.1, -0.05) is 6.92 Å². The van der Waals surface area contributed by atoms with Crippen LogP contribution in [0.15, 0.2) is 0 Å². The van der Waals surface area contributed by atoms with Crippen molar-refractivity contribution in [3.63, 3.8) is 0 Å². The molecule has 0 bridgehead atoms. The Balaban J connectivity index is 0. The second-order valence-electron chi connectivity index (χ2n) is 0.575. The van der Waals surface area contributed by atoms with Crippen molar-refractivity contribution in [2.24, 2.45) is 0 Å². The Hall–Kier alpha value is 0.865. The van der Waals surface area contributed by atoms with Crippen molar-refractivity contribution in [2.45, 2.75) is 13.3 Å². The summed E-state index contributed by atoms with van der Waals surface area (Å²) >= 11 is 0. The Morgan fingerprint density at radius 3 is 2.00 bits per heavy atom. The topological polar surface area (TPSA) is 17.1 Å². The fourth-order valence-electron chi connectivity index (χ4n) is 0. The van der Waals surface area contributed by atoms with E-state index in [4.69, 9.17) is 0 Å². The minimum Gasteiger partial charge on any atom is -0.303 e. The molecule has 0 aromatic rings. The number of carbonyl (C=O) groups is 1. The normalized spacial score (nSPS) is 5.00. The predicted octanol–water partition coefficient (Wildman–Crippen LogP) is 0.595. The van der Waals surface area contributed by atoms with Gasteiger partial charge in [-0.2, -0.15) is 0 Å². The average molecular weight is 197 g/mol. The number of aldehydes is 1. The molecule has 0 amide bonds. The maximum absolute atomic E-state index is 9.17. The smallest absolute Gasteiger partial charge is 0.119 e. The van der Waals surface area contributed by atoms with Gasteiger partial charge in [0.25, 0.3) is 0 Å². The van der Waals surface area contributed by atoms with Crippen LogP contribution in [0, 0.1) is 35.6 Å². The van der Waals surface area contributed by atoms with Crippen LogP contribution in [0.5, 0.6) is 0 Å². The second kappa shape index (κ2) is 8.85. The van der Waals surface area contributed by atoms with Gasteiger partial charge in [-0.25, -0.2) is 0 Å². The first-order chi connectivity index (χ1) is 1.91. The van der Waals surface area contributed by atoms with E-state index in [1.807, 2.05) is 6.92 Å². The van der Waals surface area contributed by atoms with E-state index in [1.54, 1.807) is 0 Å². The van der Waals surface area contributed by atoms with Crippen molar-refractivity contribution < 1.29 is 40.4 Å². The molecule has 1 nitrogen and oxygen atoms in total. The Morgan fingerprint density at radius 1 is 1.80 bits per heavy atom. The summed E-state index contributed by atoms with van der Waals surface area (Å²) in [5.74, 6) is 0. The molecule has 0 spiro atoms. The molecule has 27 valence electrons. The molecule has 0 N–H and O–H groups in total. The zero-order valence-corrected chi connectivity index (χ0v) is 6.90. The number of hydrogen-bond acceptors (Lipinski definition) is 1. The van der Waals surface area contributed by atoms with Crippen molar-refractivity contribution >= 4 is 6.29 Å². The van der Waals surface area contributed by atoms with Crippen LogP contribution >= 0.6 is 0 Å².